The first-order valence-electron chi connectivity index (χ1n) is 8.89. The Kier molecular flexibility index (Phi) is 6.23. The van der Waals surface area contributed by atoms with Crippen LogP contribution < -0.4 is 15.0 Å². The van der Waals surface area contributed by atoms with E-state index in [2.05, 4.69) is 11.9 Å². The van der Waals surface area contributed by atoms with Crippen LogP contribution in [0.25, 0.3) is 0 Å². The Hall–Kier alpha value is -3.26. The van der Waals surface area contributed by atoms with E-state index >= 15 is 0 Å². The molecule has 1 fully saturated rings. The molecule has 1 atom stereocenters. The van der Waals surface area contributed by atoms with E-state index in [9.17, 15) is 14.0 Å². The van der Waals surface area contributed by atoms with Crippen molar-refractivity contribution in [3.63, 3.8) is 0 Å². The summed E-state index contributed by atoms with van der Waals surface area (Å²) in [5, 5.41) is 2.98. The van der Waals surface area contributed by atoms with Crippen molar-refractivity contribution in [3.05, 3.63) is 67.0 Å². The van der Waals surface area contributed by atoms with Crippen molar-refractivity contribution in [1.29, 1.82) is 0 Å². The summed E-state index contributed by atoms with van der Waals surface area (Å²) in [6.45, 7) is 4.04. The molecule has 3 rings (SSSR count). The number of hydrogen-bond acceptors (Lipinski definition) is 4. The Labute approximate surface area is 173 Å². The zero-order chi connectivity index (χ0) is 21.0. The quantitative estimate of drug-likeness (QED) is 0.557. The molecular weight excluding hydrogens is 393 g/mol. The van der Waals surface area contributed by atoms with Crippen LogP contribution in [-0.2, 0) is 9.59 Å². The third-order valence-corrected chi connectivity index (χ3v) is 4.90. The van der Waals surface area contributed by atoms with Crippen molar-refractivity contribution < 1.29 is 18.7 Å². The second kappa shape index (κ2) is 8.83. The summed E-state index contributed by atoms with van der Waals surface area (Å²) in [5.74, 6) is -0.407. The highest BCUT2D eigenvalue weighted by atomic mass is 32.1. The average Bonchev–Trinajstić information content (AvgIpc) is 2.94. The number of rotatable bonds is 7. The smallest absolute Gasteiger partial charge is 0.256 e. The van der Waals surface area contributed by atoms with Crippen LogP contribution in [0.1, 0.15) is 6.42 Å². The molecule has 150 valence electrons. The van der Waals surface area contributed by atoms with E-state index in [1.54, 1.807) is 42.4 Å². The van der Waals surface area contributed by atoms with E-state index in [1.807, 2.05) is 0 Å². The van der Waals surface area contributed by atoms with Crippen LogP contribution in [0, 0.1) is 5.82 Å². The average molecular weight is 413 g/mol. The molecule has 0 bridgehead atoms. The van der Waals surface area contributed by atoms with Crippen LogP contribution in [0.3, 0.4) is 0 Å². The lowest BCUT2D eigenvalue weighted by Crippen LogP contribution is -2.37. The van der Waals surface area contributed by atoms with E-state index in [-0.39, 0.29) is 18.2 Å². The Morgan fingerprint density at radius 1 is 1.24 bits per heavy atom. The van der Waals surface area contributed by atoms with Crippen LogP contribution in [-0.4, -0.2) is 41.5 Å². The van der Waals surface area contributed by atoms with E-state index < -0.39 is 11.9 Å². The Morgan fingerprint density at radius 2 is 1.90 bits per heavy atom. The van der Waals surface area contributed by atoms with Crippen LogP contribution in [0.2, 0.25) is 0 Å². The second-order valence-corrected chi connectivity index (χ2v) is 6.74. The molecule has 0 saturated carbocycles. The minimum Gasteiger partial charge on any atom is -0.497 e. The maximum absolute atomic E-state index is 13.1. The van der Waals surface area contributed by atoms with Gasteiger partial charge in [-0.05, 0) is 60.7 Å². The number of methoxy groups -OCH3 is 1. The van der Waals surface area contributed by atoms with Gasteiger partial charge in [0.1, 0.15) is 17.6 Å². The summed E-state index contributed by atoms with van der Waals surface area (Å²) in [7, 11) is 1.56. The van der Waals surface area contributed by atoms with Crippen molar-refractivity contribution in [2.45, 2.75) is 12.5 Å². The minimum absolute atomic E-state index is 0.100. The lowest BCUT2D eigenvalue weighted by Gasteiger charge is -2.22. The summed E-state index contributed by atoms with van der Waals surface area (Å²) in [6, 6.07) is 11.6. The van der Waals surface area contributed by atoms with Crippen LogP contribution in [0.15, 0.2) is 61.2 Å². The monoisotopic (exact) mass is 413 g/mol. The second-order valence-electron chi connectivity index (χ2n) is 6.37. The van der Waals surface area contributed by atoms with E-state index in [0.29, 0.717) is 28.8 Å². The largest absolute Gasteiger partial charge is 0.497 e. The first kappa shape index (κ1) is 20.5. The predicted octanol–water partition coefficient (Wildman–Crippen LogP) is 3.35. The van der Waals surface area contributed by atoms with Crippen LogP contribution in [0.5, 0.6) is 5.75 Å². The summed E-state index contributed by atoms with van der Waals surface area (Å²) in [6.07, 6.45) is 1.53. The zero-order valence-electron chi connectivity index (χ0n) is 15.8. The number of nitrogens with one attached hydrogen (secondary N) is 1. The fourth-order valence-electron chi connectivity index (χ4n) is 3.07. The van der Waals surface area contributed by atoms with E-state index in [4.69, 9.17) is 17.0 Å². The van der Waals surface area contributed by atoms with Gasteiger partial charge in [-0.1, -0.05) is 6.08 Å². The lowest BCUT2D eigenvalue weighted by molar-refractivity contribution is -0.124. The molecule has 1 aliphatic rings. The molecule has 29 heavy (non-hydrogen) atoms. The van der Waals surface area contributed by atoms with Crippen molar-refractivity contribution in [2.24, 2.45) is 0 Å². The predicted molar refractivity (Wildman–Crippen MR) is 113 cm³/mol. The maximum Gasteiger partial charge on any atom is 0.256 e. The molecule has 1 unspecified atom stereocenters. The summed E-state index contributed by atoms with van der Waals surface area (Å²) < 4.78 is 18.2. The van der Waals surface area contributed by atoms with Crippen molar-refractivity contribution in [3.8, 4) is 5.75 Å². The Balaban J connectivity index is 1.79. The molecule has 6 nitrogen and oxygen atoms in total. The number of benzene rings is 2. The molecule has 0 spiro atoms. The Bertz CT molecular complexity index is 931. The summed E-state index contributed by atoms with van der Waals surface area (Å²) in [4.78, 5) is 28.7. The molecule has 0 radical (unpaired) electrons. The van der Waals surface area contributed by atoms with Crippen molar-refractivity contribution in [1.82, 2.24) is 4.90 Å². The number of anilines is 2. The number of halogens is 1. The van der Waals surface area contributed by atoms with Gasteiger partial charge in [-0.3, -0.25) is 14.5 Å². The van der Waals surface area contributed by atoms with Gasteiger partial charge in [-0.25, -0.2) is 4.39 Å². The third kappa shape index (κ3) is 4.43. The molecule has 2 aromatic carbocycles. The third-order valence-electron chi connectivity index (χ3n) is 4.48. The molecular formula is C21H20FN3O3S. The van der Waals surface area contributed by atoms with Gasteiger partial charge in [0.05, 0.1) is 19.2 Å². The van der Waals surface area contributed by atoms with Gasteiger partial charge in [-0.2, -0.15) is 0 Å². The summed E-state index contributed by atoms with van der Waals surface area (Å²) in [5.41, 5.74) is 1.04. The first-order valence-corrected chi connectivity index (χ1v) is 9.30. The number of nitrogens with zero attached hydrogens (tertiary/aromatic N) is 2. The number of thiocarbonyl (C=S) groups is 1. The van der Waals surface area contributed by atoms with Crippen molar-refractivity contribution >= 4 is 40.5 Å². The van der Waals surface area contributed by atoms with Gasteiger partial charge in [0.15, 0.2) is 5.11 Å². The molecule has 2 aromatic rings. The highest BCUT2D eigenvalue weighted by Gasteiger charge is 2.43. The fraction of sp³-hybridized carbons (Fsp3) is 0.190. The molecule has 1 N–H and O–H groups in total. The number of carbonyl (C=O) groups is 2. The lowest BCUT2D eigenvalue weighted by atomic mass is 10.1. The molecule has 2 amide bonds. The van der Waals surface area contributed by atoms with Gasteiger partial charge < -0.3 is 15.0 Å². The number of hydrogen-bond donors (Lipinski definition) is 1. The molecule has 0 aliphatic carbocycles. The van der Waals surface area contributed by atoms with E-state index in [1.165, 1.54) is 29.2 Å². The van der Waals surface area contributed by atoms with Gasteiger partial charge in [-0.15, -0.1) is 6.58 Å². The van der Waals surface area contributed by atoms with Gasteiger partial charge in [0.25, 0.3) is 5.91 Å². The van der Waals surface area contributed by atoms with Crippen LogP contribution in [0.4, 0.5) is 15.8 Å². The topological polar surface area (TPSA) is 61.9 Å². The maximum atomic E-state index is 13.1. The molecule has 1 saturated heterocycles. The standard InChI is InChI=1S/C21H20FN3O3S/c1-3-12-24-18(13-19(26)23-15-6-4-14(22)5-7-15)20(27)25(21(24)29)16-8-10-17(28-2)11-9-16/h3-11,18H,1,12-13H2,2H3,(H,23,26). The zero-order valence-corrected chi connectivity index (χ0v) is 16.6. The molecule has 0 aromatic heterocycles. The Morgan fingerprint density at radius 3 is 2.48 bits per heavy atom. The van der Waals surface area contributed by atoms with Gasteiger partial charge >= 0.3 is 0 Å². The SMILES string of the molecule is C=CCN1C(=S)N(c2ccc(OC)cc2)C(=O)C1CC(=O)Nc1ccc(F)cc1. The minimum atomic E-state index is -0.761. The highest BCUT2D eigenvalue weighted by Crippen LogP contribution is 2.28. The van der Waals surface area contributed by atoms with Gasteiger partial charge in [0.2, 0.25) is 5.91 Å². The first-order chi connectivity index (χ1) is 13.9. The molecule has 8 heteroatoms. The van der Waals surface area contributed by atoms with Crippen molar-refractivity contribution in [2.75, 3.05) is 23.9 Å². The molecule has 1 aliphatic heterocycles. The number of amides is 2. The van der Waals surface area contributed by atoms with E-state index in [0.717, 1.165) is 0 Å². The molecule has 1 heterocycles. The number of carbonyl (C=O) groups excluding carboxylic acids is 2. The normalized spacial score (nSPS) is 16.1. The number of ether oxygens (including phenoxy) is 1. The van der Waals surface area contributed by atoms with Gasteiger partial charge in [0, 0.05) is 12.2 Å². The highest BCUT2D eigenvalue weighted by molar-refractivity contribution is 7.80. The fourth-order valence-corrected chi connectivity index (χ4v) is 3.47. The van der Waals surface area contributed by atoms with Crippen LogP contribution >= 0.6 is 12.2 Å². The summed E-state index contributed by atoms with van der Waals surface area (Å²) >= 11 is 5.50.